The molecule has 4 nitrogen and oxygen atoms in total. The average molecular weight is 387 g/mol. The minimum atomic E-state index is -4.57. The molecule has 1 heterocycles. The van der Waals surface area contributed by atoms with Crippen molar-refractivity contribution in [1.29, 1.82) is 0 Å². The van der Waals surface area contributed by atoms with Crippen LogP contribution in [0.15, 0.2) is 24.3 Å². The SMILES string of the molecule is CC1CCCN(S(=O)(=O)Cc2ccccc2C(F)(F)F)C1CN.Cl. The molecule has 0 amide bonds. The second-order valence-corrected chi connectivity index (χ2v) is 7.87. The first-order valence-electron chi connectivity index (χ1n) is 7.51. The van der Waals surface area contributed by atoms with Crippen LogP contribution in [0.25, 0.3) is 0 Å². The molecule has 0 saturated carbocycles. The third-order valence-corrected chi connectivity index (χ3v) is 6.17. The van der Waals surface area contributed by atoms with Gasteiger partial charge >= 0.3 is 6.18 Å². The van der Waals surface area contributed by atoms with E-state index in [1.165, 1.54) is 22.5 Å². The summed E-state index contributed by atoms with van der Waals surface area (Å²) in [6, 6.07) is 4.44. The summed E-state index contributed by atoms with van der Waals surface area (Å²) in [6.07, 6.45) is -3.01. The summed E-state index contributed by atoms with van der Waals surface area (Å²) >= 11 is 0. The lowest BCUT2D eigenvalue weighted by molar-refractivity contribution is -0.138. The summed E-state index contributed by atoms with van der Waals surface area (Å²) in [5, 5.41) is 0. The Balaban J connectivity index is 0.00000288. The molecule has 0 radical (unpaired) electrons. The summed E-state index contributed by atoms with van der Waals surface area (Å²) in [5.41, 5.74) is 4.55. The Kier molecular flexibility index (Phi) is 7.10. The number of nitrogens with zero attached hydrogens (tertiary/aromatic N) is 1. The molecule has 138 valence electrons. The van der Waals surface area contributed by atoms with Gasteiger partial charge in [-0.25, -0.2) is 8.42 Å². The molecule has 0 aromatic heterocycles. The lowest BCUT2D eigenvalue weighted by Gasteiger charge is -2.38. The number of piperidine rings is 1. The van der Waals surface area contributed by atoms with Crippen molar-refractivity contribution < 1.29 is 21.6 Å². The van der Waals surface area contributed by atoms with E-state index in [0.717, 1.165) is 12.5 Å². The molecular formula is C15H22ClF3N2O2S. The van der Waals surface area contributed by atoms with Crippen molar-refractivity contribution in [3.63, 3.8) is 0 Å². The molecule has 0 spiro atoms. The van der Waals surface area contributed by atoms with Crippen molar-refractivity contribution in [1.82, 2.24) is 4.31 Å². The first kappa shape index (κ1) is 21.2. The molecule has 2 unspecified atom stereocenters. The van der Waals surface area contributed by atoms with Crippen LogP contribution in [0.2, 0.25) is 0 Å². The average Bonchev–Trinajstić information content (AvgIpc) is 2.46. The Morgan fingerprint density at radius 3 is 2.50 bits per heavy atom. The van der Waals surface area contributed by atoms with Gasteiger partial charge in [-0.05, 0) is 30.4 Å². The van der Waals surface area contributed by atoms with Gasteiger partial charge in [0.2, 0.25) is 10.0 Å². The molecule has 1 aliphatic rings. The molecule has 9 heteroatoms. The van der Waals surface area contributed by atoms with Crippen LogP contribution in [-0.2, 0) is 22.0 Å². The van der Waals surface area contributed by atoms with Gasteiger partial charge in [-0.3, -0.25) is 0 Å². The summed E-state index contributed by atoms with van der Waals surface area (Å²) < 4.78 is 65.7. The fraction of sp³-hybridized carbons (Fsp3) is 0.600. The smallest absolute Gasteiger partial charge is 0.329 e. The van der Waals surface area contributed by atoms with Crippen LogP contribution >= 0.6 is 12.4 Å². The van der Waals surface area contributed by atoms with Gasteiger partial charge in [0.15, 0.2) is 0 Å². The monoisotopic (exact) mass is 386 g/mol. The third kappa shape index (κ3) is 4.62. The van der Waals surface area contributed by atoms with E-state index in [4.69, 9.17) is 5.73 Å². The van der Waals surface area contributed by atoms with Crippen molar-refractivity contribution >= 4 is 22.4 Å². The van der Waals surface area contributed by atoms with E-state index in [1.807, 2.05) is 6.92 Å². The van der Waals surface area contributed by atoms with E-state index in [1.54, 1.807) is 0 Å². The fourth-order valence-corrected chi connectivity index (χ4v) is 5.03. The topological polar surface area (TPSA) is 63.4 Å². The van der Waals surface area contributed by atoms with Crippen LogP contribution in [-0.4, -0.2) is 31.9 Å². The maximum Gasteiger partial charge on any atom is 0.416 e. The van der Waals surface area contributed by atoms with Crippen LogP contribution in [0, 0.1) is 5.92 Å². The number of alkyl halides is 3. The van der Waals surface area contributed by atoms with Crippen molar-refractivity contribution in [3.05, 3.63) is 35.4 Å². The number of hydrogen-bond donors (Lipinski definition) is 1. The Bertz CT molecular complexity index is 652. The normalized spacial score (nSPS) is 22.9. The highest BCUT2D eigenvalue weighted by atomic mass is 35.5. The van der Waals surface area contributed by atoms with Gasteiger partial charge in [0, 0.05) is 19.1 Å². The zero-order valence-electron chi connectivity index (χ0n) is 13.3. The standard InChI is InChI=1S/C15H21F3N2O2S.ClH/c1-11-5-4-8-20(14(11)9-19)23(21,22)10-12-6-2-3-7-13(12)15(16,17)18;/h2-3,6-7,11,14H,4-5,8-10,19H2,1H3;1H. The van der Waals surface area contributed by atoms with Crippen molar-refractivity contribution in [3.8, 4) is 0 Å². The molecule has 1 aromatic carbocycles. The van der Waals surface area contributed by atoms with Gasteiger partial charge in [-0.2, -0.15) is 17.5 Å². The Morgan fingerprint density at radius 2 is 1.92 bits per heavy atom. The van der Waals surface area contributed by atoms with Crippen LogP contribution in [0.4, 0.5) is 13.2 Å². The minimum absolute atomic E-state index is 0. The maximum atomic E-state index is 13.0. The van der Waals surface area contributed by atoms with E-state index in [-0.39, 0.29) is 36.5 Å². The van der Waals surface area contributed by atoms with Crippen LogP contribution < -0.4 is 5.73 Å². The highest BCUT2D eigenvalue weighted by Gasteiger charge is 2.38. The van der Waals surface area contributed by atoms with Gasteiger partial charge in [0.25, 0.3) is 0 Å². The second-order valence-electron chi connectivity index (χ2n) is 5.94. The molecule has 2 N–H and O–H groups in total. The Morgan fingerprint density at radius 1 is 1.29 bits per heavy atom. The highest BCUT2D eigenvalue weighted by Crippen LogP contribution is 2.34. The predicted octanol–water partition coefficient (Wildman–Crippen LogP) is 3.02. The number of sulfonamides is 1. The van der Waals surface area contributed by atoms with Crippen molar-refractivity contribution in [2.75, 3.05) is 13.1 Å². The number of benzene rings is 1. The minimum Gasteiger partial charge on any atom is -0.329 e. The van der Waals surface area contributed by atoms with Gasteiger partial charge < -0.3 is 5.73 Å². The third-order valence-electron chi connectivity index (χ3n) is 4.32. The molecule has 0 aliphatic carbocycles. The van der Waals surface area contributed by atoms with Crippen molar-refractivity contribution in [2.24, 2.45) is 11.7 Å². The lowest BCUT2D eigenvalue weighted by atomic mass is 9.93. The van der Waals surface area contributed by atoms with Crippen LogP contribution in [0.3, 0.4) is 0 Å². The number of hydrogen-bond acceptors (Lipinski definition) is 3. The van der Waals surface area contributed by atoms with Crippen LogP contribution in [0.1, 0.15) is 30.9 Å². The summed E-state index contributed by atoms with van der Waals surface area (Å²) in [5.74, 6) is -0.562. The number of rotatable bonds is 4. The highest BCUT2D eigenvalue weighted by molar-refractivity contribution is 7.88. The van der Waals surface area contributed by atoms with Crippen molar-refractivity contribution in [2.45, 2.75) is 37.7 Å². The zero-order chi connectivity index (χ0) is 17.3. The van der Waals surface area contributed by atoms with Gasteiger partial charge in [-0.15, -0.1) is 12.4 Å². The summed E-state index contributed by atoms with van der Waals surface area (Å²) in [6.45, 7) is 2.40. The Labute approximate surface area is 146 Å². The molecule has 2 atom stereocenters. The summed E-state index contributed by atoms with van der Waals surface area (Å²) in [4.78, 5) is 0. The molecule has 2 rings (SSSR count). The molecule has 0 bridgehead atoms. The van der Waals surface area contributed by atoms with E-state index in [0.29, 0.717) is 13.0 Å². The molecular weight excluding hydrogens is 365 g/mol. The maximum absolute atomic E-state index is 13.0. The molecule has 24 heavy (non-hydrogen) atoms. The van der Waals surface area contributed by atoms with Crippen LogP contribution in [0.5, 0.6) is 0 Å². The largest absolute Gasteiger partial charge is 0.416 e. The van der Waals surface area contributed by atoms with Gasteiger partial charge in [0.05, 0.1) is 11.3 Å². The van der Waals surface area contributed by atoms with E-state index in [2.05, 4.69) is 0 Å². The molecule has 1 saturated heterocycles. The van der Waals surface area contributed by atoms with E-state index >= 15 is 0 Å². The first-order chi connectivity index (χ1) is 10.7. The van der Waals surface area contributed by atoms with E-state index < -0.39 is 27.5 Å². The molecule has 1 aliphatic heterocycles. The molecule has 1 fully saturated rings. The number of halogens is 4. The second kappa shape index (κ2) is 8.03. The first-order valence-corrected chi connectivity index (χ1v) is 9.12. The lowest BCUT2D eigenvalue weighted by Crippen LogP contribution is -2.51. The zero-order valence-corrected chi connectivity index (χ0v) is 14.9. The predicted molar refractivity (Wildman–Crippen MR) is 89.3 cm³/mol. The number of nitrogens with two attached hydrogens (primary N) is 1. The summed E-state index contributed by atoms with van der Waals surface area (Å²) in [7, 11) is -3.86. The fourth-order valence-electron chi connectivity index (χ4n) is 3.11. The quantitative estimate of drug-likeness (QED) is 0.865. The van der Waals surface area contributed by atoms with Gasteiger partial charge in [-0.1, -0.05) is 25.1 Å². The molecule has 1 aromatic rings. The Hall–Kier alpha value is -0.830. The van der Waals surface area contributed by atoms with Gasteiger partial charge in [0.1, 0.15) is 0 Å². The van der Waals surface area contributed by atoms with E-state index in [9.17, 15) is 21.6 Å².